The number of nitrogens with zero attached hydrogens (tertiary/aromatic N) is 4. The average molecular weight is 277 g/mol. The minimum absolute atomic E-state index is 0.365. The third kappa shape index (κ3) is 2.37. The zero-order valence-electron chi connectivity index (χ0n) is 11.3. The molecule has 0 spiro atoms. The van der Waals surface area contributed by atoms with Crippen molar-refractivity contribution < 1.29 is 0 Å². The minimum Gasteiger partial charge on any atom is -0.368 e. The van der Waals surface area contributed by atoms with Gasteiger partial charge in [-0.25, -0.2) is 4.98 Å². The number of fused-ring (bicyclic) bond motifs is 1. The van der Waals surface area contributed by atoms with Crippen molar-refractivity contribution in [3.05, 3.63) is 11.4 Å². The van der Waals surface area contributed by atoms with Crippen molar-refractivity contribution in [3.8, 4) is 0 Å². The molecule has 0 unspecified atom stereocenters. The Morgan fingerprint density at radius 1 is 1.37 bits per heavy atom. The summed E-state index contributed by atoms with van der Waals surface area (Å²) in [5, 5.41) is 3.16. The first kappa shape index (κ1) is 12.6. The number of nitrogens with two attached hydrogens (primary N) is 1. The topological polar surface area (TPSA) is 58.3 Å². The summed E-state index contributed by atoms with van der Waals surface area (Å²) in [6.07, 6.45) is 2.34. The van der Waals surface area contributed by atoms with Gasteiger partial charge < -0.3 is 15.5 Å². The summed E-state index contributed by atoms with van der Waals surface area (Å²) in [5.74, 6) is 1.34. The molecule has 0 atom stereocenters. The van der Waals surface area contributed by atoms with Crippen molar-refractivity contribution >= 4 is 33.3 Å². The third-order valence-electron chi connectivity index (χ3n) is 3.89. The van der Waals surface area contributed by atoms with Crippen LogP contribution in [0.3, 0.4) is 0 Å². The summed E-state index contributed by atoms with van der Waals surface area (Å²) < 4.78 is 0. The highest BCUT2D eigenvalue weighted by Crippen LogP contribution is 2.30. The fourth-order valence-electron chi connectivity index (χ4n) is 2.68. The van der Waals surface area contributed by atoms with Crippen LogP contribution in [0.15, 0.2) is 11.4 Å². The molecule has 1 saturated heterocycles. The average Bonchev–Trinajstić information content (AvgIpc) is 2.85. The van der Waals surface area contributed by atoms with E-state index in [9.17, 15) is 0 Å². The number of aromatic nitrogens is 2. The van der Waals surface area contributed by atoms with Crippen LogP contribution in [0.5, 0.6) is 0 Å². The Balaban J connectivity index is 1.92. The summed E-state index contributed by atoms with van der Waals surface area (Å²) in [5.41, 5.74) is 5.82. The number of thiophene rings is 1. The molecule has 1 aliphatic heterocycles. The number of likely N-dealkylation sites (tertiary alicyclic amines) is 1. The Morgan fingerprint density at radius 3 is 2.84 bits per heavy atom. The van der Waals surface area contributed by atoms with Crippen molar-refractivity contribution in [2.45, 2.75) is 18.9 Å². The standard InChI is InChI=1S/C13H19N5S/c1-17-6-3-9(4-7-17)18(2)11-10-5-8-19-12(10)16-13(14)15-11/h5,8-9H,3-4,6-7H2,1-2H3,(H2,14,15,16). The molecule has 3 heterocycles. The molecule has 0 saturated carbocycles. The van der Waals surface area contributed by atoms with E-state index >= 15 is 0 Å². The molecule has 1 aliphatic rings. The van der Waals surface area contributed by atoms with E-state index in [0.29, 0.717) is 12.0 Å². The van der Waals surface area contributed by atoms with Crippen molar-refractivity contribution in [2.24, 2.45) is 0 Å². The van der Waals surface area contributed by atoms with Crippen LogP contribution in [0.1, 0.15) is 12.8 Å². The van der Waals surface area contributed by atoms with Crippen molar-refractivity contribution in [1.82, 2.24) is 14.9 Å². The smallest absolute Gasteiger partial charge is 0.223 e. The van der Waals surface area contributed by atoms with Gasteiger partial charge in [0.2, 0.25) is 5.95 Å². The van der Waals surface area contributed by atoms with Crippen molar-refractivity contribution in [2.75, 3.05) is 37.8 Å². The van der Waals surface area contributed by atoms with Crippen LogP contribution >= 0.6 is 11.3 Å². The van der Waals surface area contributed by atoms with Crippen LogP contribution in [0.2, 0.25) is 0 Å². The molecule has 102 valence electrons. The van der Waals surface area contributed by atoms with E-state index in [0.717, 1.165) is 29.1 Å². The number of rotatable bonds is 2. The summed E-state index contributed by atoms with van der Waals surface area (Å²) in [7, 11) is 4.30. The Kier molecular flexibility index (Phi) is 3.28. The molecule has 2 N–H and O–H groups in total. The van der Waals surface area contributed by atoms with Crippen LogP contribution in [0.4, 0.5) is 11.8 Å². The van der Waals surface area contributed by atoms with Gasteiger partial charge in [-0.2, -0.15) is 4.98 Å². The molecule has 6 heteroatoms. The number of nitrogen functional groups attached to an aromatic ring is 1. The lowest BCUT2D eigenvalue weighted by molar-refractivity contribution is 0.252. The van der Waals surface area contributed by atoms with Crippen LogP contribution < -0.4 is 10.6 Å². The molecule has 19 heavy (non-hydrogen) atoms. The Labute approximate surface area is 117 Å². The predicted octanol–water partition coefficient (Wildman–Crippen LogP) is 1.80. The van der Waals surface area contributed by atoms with Gasteiger partial charge in [0, 0.05) is 13.1 Å². The van der Waals surface area contributed by atoms with Crippen LogP contribution in [-0.2, 0) is 0 Å². The molecule has 0 radical (unpaired) electrons. The first-order valence-corrected chi connectivity index (χ1v) is 7.45. The highest BCUT2D eigenvalue weighted by molar-refractivity contribution is 7.16. The molecular weight excluding hydrogens is 258 g/mol. The monoisotopic (exact) mass is 277 g/mol. The number of anilines is 2. The van der Waals surface area contributed by atoms with E-state index in [4.69, 9.17) is 5.73 Å². The molecule has 2 aromatic heterocycles. The first-order chi connectivity index (χ1) is 9.15. The van der Waals surface area contributed by atoms with E-state index < -0.39 is 0 Å². The first-order valence-electron chi connectivity index (χ1n) is 6.57. The van der Waals surface area contributed by atoms with Gasteiger partial charge >= 0.3 is 0 Å². The Bertz CT molecular complexity index is 573. The van der Waals surface area contributed by atoms with E-state index in [2.05, 4.69) is 39.9 Å². The highest BCUT2D eigenvalue weighted by Gasteiger charge is 2.23. The zero-order chi connectivity index (χ0) is 13.4. The summed E-state index contributed by atoms with van der Waals surface area (Å²) in [6.45, 7) is 2.28. The lowest BCUT2D eigenvalue weighted by Crippen LogP contribution is -2.42. The molecular formula is C13H19N5S. The van der Waals surface area contributed by atoms with Crippen LogP contribution in [-0.4, -0.2) is 48.1 Å². The van der Waals surface area contributed by atoms with Gasteiger partial charge in [-0.3, -0.25) is 0 Å². The molecule has 2 aromatic rings. The van der Waals surface area contributed by atoms with Gasteiger partial charge in [-0.15, -0.1) is 11.3 Å². The molecule has 1 fully saturated rings. The van der Waals surface area contributed by atoms with E-state index in [-0.39, 0.29) is 0 Å². The predicted molar refractivity (Wildman–Crippen MR) is 80.7 cm³/mol. The van der Waals surface area contributed by atoms with Gasteiger partial charge in [-0.05, 0) is 44.4 Å². The van der Waals surface area contributed by atoms with E-state index in [1.807, 2.05) is 5.38 Å². The maximum absolute atomic E-state index is 5.82. The highest BCUT2D eigenvalue weighted by atomic mass is 32.1. The molecule has 0 aliphatic carbocycles. The van der Waals surface area contributed by atoms with E-state index in [1.54, 1.807) is 11.3 Å². The Morgan fingerprint density at radius 2 is 2.11 bits per heavy atom. The second-order valence-corrected chi connectivity index (χ2v) is 6.08. The summed E-state index contributed by atoms with van der Waals surface area (Å²) in [4.78, 5) is 14.4. The van der Waals surface area contributed by atoms with Crippen LogP contribution in [0, 0.1) is 0 Å². The normalized spacial score (nSPS) is 18.0. The van der Waals surface area contributed by atoms with Crippen molar-refractivity contribution in [1.29, 1.82) is 0 Å². The van der Waals surface area contributed by atoms with Gasteiger partial charge in [0.05, 0.1) is 5.39 Å². The zero-order valence-corrected chi connectivity index (χ0v) is 12.2. The van der Waals surface area contributed by atoms with Crippen LogP contribution in [0.25, 0.3) is 10.2 Å². The van der Waals surface area contributed by atoms with Gasteiger partial charge in [0.15, 0.2) is 0 Å². The van der Waals surface area contributed by atoms with Gasteiger partial charge in [-0.1, -0.05) is 0 Å². The fourth-order valence-corrected chi connectivity index (χ4v) is 3.45. The number of hydrogen-bond acceptors (Lipinski definition) is 6. The van der Waals surface area contributed by atoms with E-state index in [1.165, 1.54) is 12.8 Å². The maximum atomic E-state index is 5.82. The minimum atomic E-state index is 0.365. The van der Waals surface area contributed by atoms with Crippen molar-refractivity contribution in [3.63, 3.8) is 0 Å². The summed E-state index contributed by atoms with van der Waals surface area (Å²) >= 11 is 1.61. The molecule has 0 bridgehead atoms. The SMILES string of the molecule is CN1CCC(N(C)c2nc(N)nc3sccc23)CC1. The second kappa shape index (κ2) is 4.94. The fraction of sp³-hybridized carbons (Fsp3) is 0.538. The largest absolute Gasteiger partial charge is 0.368 e. The summed E-state index contributed by atoms with van der Waals surface area (Å²) in [6, 6.07) is 2.62. The third-order valence-corrected chi connectivity index (χ3v) is 4.70. The second-order valence-electron chi connectivity index (χ2n) is 5.19. The molecule has 0 amide bonds. The quantitative estimate of drug-likeness (QED) is 0.907. The molecule has 0 aromatic carbocycles. The van der Waals surface area contributed by atoms with Gasteiger partial charge in [0.25, 0.3) is 0 Å². The molecule has 3 rings (SSSR count). The number of hydrogen-bond donors (Lipinski definition) is 1. The molecule has 5 nitrogen and oxygen atoms in total. The van der Waals surface area contributed by atoms with Gasteiger partial charge in [0.1, 0.15) is 10.6 Å². The maximum Gasteiger partial charge on any atom is 0.223 e. The Hall–Kier alpha value is -1.40. The lowest BCUT2D eigenvalue weighted by atomic mass is 10.0. The number of piperidine rings is 1. The lowest BCUT2D eigenvalue weighted by Gasteiger charge is -2.35.